The first-order valence-electron chi connectivity index (χ1n) is 6.92. The Morgan fingerprint density at radius 2 is 2.19 bits per heavy atom. The van der Waals surface area contributed by atoms with Crippen molar-refractivity contribution in [1.82, 2.24) is 25.1 Å². The largest absolute Gasteiger partial charge is 0.377 e. The Kier molecular flexibility index (Phi) is 4.31. The van der Waals surface area contributed by atoms with Crippen LogP contribution in [0.1, 0.15) is 37.0 Å². The number of aromatic amines is 1. The summed E-state index contributed by atoms with van der Waals surface area (Å²) in [5.74, 6) is 2.16. The van der Waals surface area contributed by atoms with Crippen LogP contribution in [0, 0.1) is 0 Å². The smallest absolute Gasteiger partial charge is 0.225 e. The van der Waals surface area contributed by atoms with Crippen LogP contribution in [0.3, 0.4) is 0 Å². The van der Waals surface area contributed by atoms with Gasteiger partial charge in [-0.25, -0.2) is 15.0 Å². The van der Waals surface area contributed by atoms with E-state index in [1.54, 1.807) is 19.5 Å². The average Bonchev–Trinajstić information content (AvgIpc) is 2.97. The summed E-state index contributed by atoms with van der Waals surface area (Å²) in [5, 5.41) is 7.76. The average molecular weight is 309 g/mol. The topological polar surface area (TPSA) is 79.8 Å². The first-order valence-corrected chi connectivity index (χ1v) is 7.30. The van der Waals surface area contributed by atoms with Gasteiger partial charge in [0.1, 0.15) is 6.61 Å². The first-order chi connectivity index (χ1) is 10.3. The third-order valence-corrected chi connectivity index (χ3v) is 3.69. The van der Waals surface area contributed by atoms with Crippen molar-refractivity contribution in [3.63, 3.8) is 0 Å². The Hall–Kier alpha value is -1.73. The fourth-order valence-corrected chi connectivity index (χ4v) is 2.65. The molecule has 1 aliphatic rings. The van der Waals surface area contributed by atoms with Crippen LogP contribution in [0.15, 0.2) is 12.4 Å². The van der Waals surface area contributed by atoms with Crippen LogP contribution >= 0.6 is 11.6 Å². The summed E-state index contributed by atoms with van der Waals surface area (Å²) >= 11 is 5.85. The van der Waals surface area contributed by atoms with Crippen LogP contribution in [-0.4, -0.2) is 38.8 Å². The summed E-state index contributed by atoms with van der Waals surface area (Å²) in [7, 11) is 1.64. The van der Waals surface area contributed by atoms with Gasteiger partial charge in [-0.1, -0.05) is 11.6 Å². The summed E-state index contributed by atoms with van der Waals surface area (Å²) in [6, 6.07) is 0.0850. The highest BCUT2D eigenvalue weighted by Gasteiger charge is 2.29. The maximum Gasteiger partial charge on any atom is 0.225 e. The number of nitrogens with zero attached hydrogens (tertiary/aromatic N) is 5. The zero-order valence-electron chi connectivity index (χ0n) is 11.8. The summed E-state index contributed by atoms with van der Waals surface area (Å²) in [4.78, 5) is 15.3. The minimum Gasteiger partial charge on any atom is -0.377 e. The fourth-order valence-electron chi connectivity index (χ4n) is 2.55. The van der Waals surface area contributed by atoms with Gasteiger partial charge in [-0.3, -0.25) is 5.10 Å². The van der Waals surface area contributed by atoms with E-state index in [1.807, 2.05) is 0 Å². The quantitative estimate of drug-likeness (QED) is 0.932. The predicted molar refractivity (Wildman–Crippen MR) is 78.1 cm³/mol. The molecule has 1 unspecified atom stereocenters. The molecule has 8 heteroatoms. The number of ether oxygens (including phenoxy) is 1. The van der Waals surface area contributed by atoms with Gasteiger partial charge in [-0.2, -0.15) is 5.10 Å². The maximum atomic E-state index is 5.85. The monoisotopic (exact) mass is 308 g/mol. The highest BCUT2D eigenvalue weighted by molar-refractivity contribution is 6.30. The van der Waals surface area contributed by atoms with E-state index in [2.05, 4.69) is 30.0 Å². The number of methoxy groups -OCH3 is 1. The molecule has 0 radical (unpaired) electrons. The number of nitrogens with one attached hydrogen (secondary N) is 1. The third kappa shape index (κ3) is 3.14. The predicted octanol–water partition coefficient (Wildman–Crippen LogP) is 2.13. The SMILES string of the molecule is COCc1nc(C2CCCCN2c2ncc(Cl)cn2)n[nH]1. The molecule has 7 nitrogen and oxygen atoms in total. The van der Waals surface area contributed by atoms with E-state index in [9.17, 15) is 0 Å². The van der Waals surface area contributed by atoms with Gasteiger partial charge in [0, 0.05) is 13.7 Å². The summed E-state index contributed by atoms with van der Waals surface area (Å²) in [6.07, 6.45) is 6.46. The third-order valence-electron chi connectivity index (χ3n) is 3.49. The number of anilines is 1. The number of aromatic nitrogens is 5. The number of H-pyrrole nitrogens is 1. The minimum absolute atomic E-state index is 0.0850. The molecule has 0 aromatic carbocycles. The summed E-state index contributed by atoms with van der Waals surface area (Å²) in [6.45, 7) is 1.32. The molecule has 0 bridgehead atoms. The van der Waals surface area contributed by atoms with Crippen molar-refractivity contribution in [2.75, 3.05) is 18.6 Å². The van der Waals surface area contributed by atoms with Crippen molar-refractivity contribution in [1.29, 1.82) is 0 Å². The molecule has 1 fully saturated rings. The Bertz CT molecular complexity index is 587. The second-order valence-electron chi connectivity index (χ2n) is 4.98. The molecular formula is C13H17ClN6O. The molecule has 21 heavy (non-hydrogen) atoms. The zero-order valence-corrected chi connectivity index (χ0v) is 12.5. The van der Waals surface area contributed by atoms with Crippen molar-refractivity contribution in [2.24, 2.45) is 0 Å². The molecule has 1 N–H and O–H groups in total. The second-order valence-corrected chi connectivity index (χ2v) is 5.42. The van der Waals surface area contributed by atoms with Crippen molar-refractivity contribution < 1.29 is 4.74 Å². The van der Waals surface area contributed by atoms with E-state index < -0.39 is 0 Å². The molecule has 0 spiro atoms. The molecule has 3 heterocycles. The van der Waals surface area contributed by atoms with Crippen LogP contribution in [-0.2, 0) is 11.3 Å². The van der Waals surface area contributed by atoms with Crippen molar-refractivity contribution in [3.8, 4) is 0 Å². The molecule has 1 atom stereocenters. The second kappa shape index (κ2) is 6.36. The van der Waals surface area contributed by atoms with E-state index in [0.717, 1.165) is 37.5 Å². The van der Waals surface area contributed by atoms with Gasteiger partial charge < -0.3 is 9.64 Å². The highest BCUT2D eigenvalue weighted by atomic mass is 35.5. The summed E-state index contributed by atoms with van der Waals surface area (Å²) in [5.41, 5.74) is 0. The van der Waals surface area contributed by atoms with Gasteiger partial charge in [0.25, 0.3) is 0 Å². The lowest BCUT2D eigenvalue weighted by Crippen LogP contribution is -2.35. The van der Waals surface area contributed by atoms with Gasteiger partial charge in [0.15, 0.2) is 11.6 Å². The molecule has 1 saturated heterocycles. The molecule has 2 aromatic rings. The van der Waals surface area contributed by atoms with Crippen LogP contribution in [0.4, 0.5) is 5.95 Å². The summed E-state index contributed by atoms with van der Waals surface area (Å²) < 4.78 is 5.07. The molecule has 1 aliphatic heterocycles. The number of hydrogen-bond donors (Lipinski definition) is 1. The lowest BCUT2D eigenvalue weighted by Gasteiger charge is -2.33. The number of rotatable bonds is 4. The molecule has 0 amide bonds. The Balaban J connectivity index is 1.84. The van der Waals surface area contributed by atoms with Gasteiger partial charge in [-0.15, -0.1) is 0 Å². The van der Waals surface area contributed by atoms with E-state index in [-0.39, 0.29) is 6.04 Å². The van der Waals surface area contributed by atoms with Crippen LogP contribution in [0.2, 0.25) is 5.02 Å². The molecule has 0 aliphatic carbocycles. The standard InChI is InChI=1S/C13H17ClN6O/c1-21-8-11-17-12(19-18-11)10-4-2-3-5-20(10)13-15-6-9(14)7-16-13/h6-7,10H,2-5,8H2,1H3,(H,17,18,19). The number of hydrogen-bond acceptors (Lipinski definition) is 6. The van der Waals surface area contributed by atoms with Crippen molar-refractivity contribution in [2.45, 2.75) is 31.9 Å². The fraction of sp³-hybridized carbons (Fsp3) is 0.538. The number of halogens is 1. The van der Waals surface area contributed by atoms with Gasteiger partial charge in [0.2, 0.25) is 5.95 Å². The van der Waals surface area contributed by atoms with Crippen LogP contribution in [0.5, 0.6) is 0 Å². The van der Waals surface area contributed by atoms with E-state index in [4.69, 9.17) is 16.3 Å². The van der Waals surface area contributed by atoms with Gasteiger partial charge >= 0.3 is 0 Å². The first kappa shape index (κ1) is 14.2. The van der Waals surface area contributed by atoms with Crippen molar-refractivity contribution in [3.05, 3.63) is 29.1 Å². The molecule has 112 valence electrons. The Morgan fingerprint density at radius 3 is 2.95 bits per heavy atom. The Labute approximate surface area is 127 Å². The molecule has 0 saturated carbocycles. The van der Waals surface area contributed by atoms with Crippen LogP contribution < -0.4 is 4.90 Å². The Morgan fingerprint density at radius 1 is 1.38 bits per heavy atom. The zero-order chi connectivity index (χ0) is 14.7. The minimum atomic E-state index is 0.0850. The van der Waals surface area contributed by atoms with E-state index in [1.165, 1.54) is 0 Å². The molecular weight excluding hydrogens is 292 g/mol. The van der Waals surface area contributed by atoms with Crippen molar-refractivity contribution >= 4 is 17.5 Å². The van der Waals surface area contributed by atoms with E-state index in [0.29, 0.717) is 17.6 Å². The number of piperidine rings is 1. The lowest BCUT2D eigenvalue weighted by atomic mass is 10.0. The molecule has 2 aromatic heterocycles. The van der Waals surface area contributed by atoms with Crippen LogP contribution in [0.25, 0.3) is 0 Å². The normalized spacial score (nSPS) is 19.0. The maximum absolute atomic E-state index is 5.85. The van der Waals surface area contributed by atoms with E-state index >= 15 is 0 Å². The lowest BCUT2D eigenvalue weighted by molar-refractivity contribution is 0.178. The van der Waals surface area contributed by atoms with Gasteiger partial charge in [0.05, 0.1) is 23.5 Å². The molecule has 3 rings (SSSR count). The highest BCUT2D eigenvalue weighted by Crippen LogP contribution is 2.31. The van der Waals surface area contributed by atoms with Gasteiger partial charge in [-0.05, 0) is 19.3 Å².